The predicted octanol–water partition coefficient (Wildman–Crippen LogP) is 7.61. The van der Waals surface area contributed by atoms with Crippen molar-refractivity contribution < 1.29 is 0 Å². The van der Waals surface area contributed by atoms with E-state index in [0.717, 1.165) is 5.92 Å². The van der Waals surface area contributed by atoms with Crippen LogP contribution in [0.25, 0.3) is 0 Å². The molecule has 1 aliphatic rings. The molecule has 28 heavy (non-hydrogen) atoms. The molecule has 1 atom stereocenters. The first-order valence-corrected chi connectivity index (χ1v) is 12.8. The summed E-state index contributed by atoms with van der Waals surface area (Å²) >= 11 is 0. The summed E-state index contributed by atoms with van der Waals surface area (Å²) in [5.41, 5.74) is 0.523. The summed E-state index contributed by atoms with van der Waals surface area (Å²) in [5, 5.41) is 7.75. The molecular weight excluding hydrogens is 340 g/mol. The van der Waals surface area contributed by atoms with Gasteiger partial charge in [-0.05, 0) is 65.8 Å². The highest BCUT2D eigenvalue weighted by molar-refractivity contribution is 4.99. The van der Waals surface area contributed by atoms with Gasteiger partial charge in [-0.25, -0.2) is 0 Å². The van der Waals surface area contributed by atoms with Gasteiger partial charge in [-0.15, -0.1) is 0 Å². The monoisotopic (exact) mass is 394 g/mol. The highest BCUT2D eigenvalue weighted by atomic mass is 15.1. The van der Waals surface area contributed by atoms with Crippen molar-refractivity contribution in [2.45, 2.75) is 155 Å². The molecule has 0 aliphatic carbocycles. The first kappa shape index (κ1) is 26.0. The topological polar surface area (TPSA) is 24.1 Å². The molecule has 1 heterocycles. The van der Waals surface area contributed by atoms with Crippen LogP contribution in [0.1, 0.15) is 138 Å². The Morgan fingerprint density at radius 2 is 1.14 bits per heavy atom. The number of piperidine rings is 1. The van der Waals surface area contributed by atoms with E-state index in [9.17, 15) is 0 Å². The Morgan fingerprint density at radius 1 is 0.714 bits per heavy atom. The molecular formula is C26H54N2. The molecule has 0 aromatic rings. The standard InChI is InChI=1S/C26H54N2/c1-7-9-10-11-12-13-14-15-16-17-18-19-20-27-24(8-2)23-21-25(3,4)28-26(5,6)22-23/h23-24,27-28H,7-22H2,1-6H3. The van der Waals surface area contributed by atoms with Crippen molar-refractivity contribution in [3.63, 3.8) is 0 Å². The first-order chi connectivity index (χ1) is 13.3. The van der Waals surface area contributed by atoms with E-state index < -0.39 is 0 Å². The van der Waals surface area contributed by atoms with Gasteiger partial charge in [-0.3, -0.25) is 0 Å². The lowest BCUT2D eigenvalue weighted by atomic mass is 9.72. The molecule has 2 nitrogen and oxygen atoms in total. The molecule has 0 aromatic carbocycles. The number of rotatable bonds is 16. The normalized spacial score (nSPS) is 20.4. The molecule has 1 aliphatic heterocycles. The molecule has 0 spiro atoms. The van der Waals surface area contributed by atoms with E-state index in [1.807, 2.05) is 0 Å². The lowest BCUT2D eigenvalue weighted by Crippen LogP contribution is -2.60. The minimum atomic E-state index is 0.261. The molecule has 1 fully saturated rings. The average molecular weight is 395 g/mol. The highest BCUT2D eigenvalue weighted by Crippen LogP contribution is 2.35. The molecule has 2 heteroatoms. The fourth-order valence-electron chi connectivity index (χ4n) is 5.58. The third-order valence-electron chi connectivity index (χ3n) is 6.67. The number of nitrogens with one attached hydrogen (secondary N) is 2. The Kier molecular flexibility index (Phi) is 13.0. The van der Waals surface area contributed by atoms with Gasteiger partial charge in [-0.2, -0.15) is 0 Å². The van der Waals surface area contributed by atoms with Crippen molar-refractivity contribution in [1.29, 1.82) is 0 Å². The van der Waals surface area contributed by atoms with Gasteiger partial charge >= 0.3 is 0 Å². The van der Waals surface area contributed by atoms with Crippen LogP contribution in [0.2, 0.25) is 0 Å². The zero-order valence-corrected chi connectivity index (χ0v) is 20.5. The van der Waals surface area contributed by atoms with Gasteiger partial charge < -0.3 is 10.6 Å². The fraction of sp³-hybridized carbons (Fsp3) is 1.00. The first-order valence-electron chi connectivity index (χ1n) is 12.8. The van der Waals surface area contributed by atoms with Gasteiger partial charge in [-0.1, -0.05) is 84.5 Å². The van der Waals surface area contributed by atoms with Crippen LogP contribution in [-0.2, 0) is 0 Å². The van der Waals surface area contributed by atoms with Crippen LogP contribution in [0.5, 0.6) is 0 Å². The summed E-state index contributed by atoms with van der Waals surface area (Å²) in [6.45, 7) is 15.4. The summed E-state index contributed by atoms with van der Waals surface area (Å²) in [6, 6.07) is 0.688. The largest absolute Gasteiger partial charge is 0.314 e. The van der Waals surface area contributed by atoms with E-state index in [1.165, 1.54) is 103 Å². The van der Waals surface area contributed by atoms with Gasteiger partial charge in [0.15, 0.2) is 0 Å². The second-order valence-electron chi connectivity index (χ2n) is 10.9. The van der Waals surface area contributed by atoms with Gasteiger partial charge in [0.25, 0.3) is 0 Å². The average Bonchev–Trinajstić information content (AvgIpc) is 2.59. The maximum atomic E-state index is 3.92. The molecule has 1 unspecified atom stereocenters. The van der Waals surface area contributed by atoms with Crippen molar-refractivity contribution in [3.05, 3.63) is 0 Å². The van der Waals surface area contributed by atoms with Crippen LogP contribution >= 0.6 is 0 Å². The highest BCUT2D eigenvalue weighted by Gasteiger charge is 2.39. The number of hydrogen-bond donors (Lipinski definition) is 2. The van der Waals surface area contributed by atoms with E-state index in [4.69, 9.17) is 0 Å². The maximum Gasteiger partial charge on any atom is 0.0133 e. The minimum absolute atomic E-state index is 0.261. The Hall–Kier alpha value is -0.0800. The Labute approximate surface area is 178 Å². The molecule has 168 valence electrons. The number of unbranched alkanes of at least 4 members (excludes halogenated alkanes) is 11. The molecule has 0 amide bonds. The molecule has 0 bridgehead atoms. The second-order valence-corrected chi connectivity index (χ2v) is 10.9. The molecule has 2 N–H and O–H groups in total. The van der Waals surface area contributed by atoms with Crippen LogP contribution in [0.15, 0.2) is 0 Å². The van der Waals surface area contributed by atoms with Crippen molar-refractivity contribution in [1.82, 2.24) is 10.6 Å². The Bertz CT molecular complexity index is 359. The van der Waals surface area contributed by atoms with Crippen molar-refractivity contribution >= 4 is 0 Å². The molecule has 0 saturated carbocycles. The Morgan fingerprint density at radius 3 is 1.57 bits per heavy atom. The summed E-state index contributed by atoms with van der Waals surface area (Å²) in [5.74, 6) is 0.800. The molecule has 1 saturated heterocycles. The summed E-state index contributed by atoms with van der Waals surface area (Å²) < 4.78 is 0. The maximum absolute atomic E-state index is 3.92. The SMILES string of the molecule is CCCCCCCCCCCCCCNC(CC)C1CC(C)(C)NC(C)(C)C1. The smallest absolute Gasteiger partial charge is 0.0133 e. The third kappa shape index (κ3) is 11.8. The van der Waals surface area contributed by atoms with Crippen LogP contribution in [0.3, 0.4) is 0 Å². The van der Waals surface area contributed by atoms with E-state index in [-0.39, 0.29) is 11.1 Å². The molecule has 0 radical (unpaired) electrons. The Balaban J connectivity index is 2.05. The lowest BCUT2D eigenvalue weighted by Gasteiger charge is -2.48. The van der Waals surface area contributed by atoms with Crippen LogP contribution in [-0.4, -0.2) is 23.7 Å². The molecule has 1 rings (SSSR count). The fourth-order valence-corrected chi connectivity index (χ4v) is 5.58. The quantitative estimate of drug-likeness (QED) is 0.263. The van der Waals surface area contributed by atoms with Crippen molar-refractivity contribution in [2.75, 3.05) is 6.54 Å². The van der Waals surface area contributed by atoms with Gasteiger partial charge in [0.1, 0.15) is 0 Å². The minimum Gasteiger partial charge on any atom is -0.314 e. The van der Waals surface area contributed by atoms with Crippen LogP contribution in [0, 0.1) is 5.92 Å². The zero-order valence-electron chi connectivity index (χ0n) is 20.5. The second kappa shape index (κ2) is 14.0. The summed E-state index contributed by atoms with van der Waals surface area (Å²) in [4.78, 5) is 0. The van der Waals surface area contributed by atoms with E-state index >= 15 is 0 Å². The van der Waals surface area contributed by atoms with E-state index in [2.05, 4.69) is 52.2 Å². The van der Waals surface area contributed by atoms with Gasteiger partial charge in [0.05, 0.1) is 0 Å². The number of hydrogen-bond acceptors (Lipinski definition) is 2. The third-order valence-corrected chi connectivity index (χ3v) is 6.67. The predicted molar refractivity (Wildman–Crippen MR) is 127 cm³/mol. The van der Waals surface area contributed by atoms with Crippen molar-refractivity contribution in [2.24, 2.45) is 5.92 Å². The van der Waals surface area contributed by atoms with Gasteiger partial charge in [0, 0.05) is 17.1 Å². The summed E-state index contributed by atoms with van der Waals surface area (Å²) in [7, 11) is 0. The van der Waals surface area contributed by atoms with Gasteiger partial charge in [0.2, 0.25) is 0 Å². The van der Waals surface area contributed by atoms with Crippen LogP contribution < -0.4 is 10.6 Å². The van der Waals surface area contributed by atoms with Crippen molar-refractivity contribution in [3.8, 4) is 0 Å². The lowest BCUT2D eigenvalue weighted by molar-refractivity contribution is 0.103. The van der Waals surface area contributed by atoms with E-state index in [1.54, 1.807) is 0 Å². The summed E-state index contributed by atoms with van der Waals surface area (Å²) in [6.07, 6.45) is 21.0. The zero-order chi connectivity index (χ0) is 20.9. The van der Waals surface area contributed by atoms with E-state index in [0.29, 0.717) is 6.04 Å². The van der Waals surface area contributed by atoms with Crippen LogP contribution in [0.4, 0.5) is 0 Å². The molecule has 0 aromatic heterocycles.